The fraction of sp³-hybridized carbons (Fsp3) is 0.857. The second-order valence-electron chi connectivity index (χ2n) is 2.54. The number of carbonyl (C=O) groups is 1. The van der Waals surface area contributed by atoms with Gasteiger partial charge in [-0.05, 0) is 6.42 Å². The maximum Gasteiger partial charge on any atom is 0.410 e. The van der Waals surface area contributed by atoms with Crippen LogP contribution in [0.1, 0.15) is 13.3 Å². The Bertz CT molecular complexity index is 149. The van der Waals surface area contributed by atoms with Gasteiger partial charge in [0.15, 0.2) is 0 Å². The number of amides is 1. The van der Waals surface area contributed by atoms with Crippen LogP contribution >= 0.6 is 0 Å². The van der Waals surface area contributed by atoms with Gasteiger partial charge in [-0.3, -0.25) is 10.2 Å². The second kappa shape index (κ2) is 3.57. The summed E-state index contributed by atoms with van der Waals surface area (Å²) in [5.41, 5.74) is 0. The Balaban J connectivity index is 2.49. The SMILES string of the molecule is CCC1NCCN1C(=O)OC. The number of rotatable bonds is 1. The average Bonchev–Trinajstić information content (AvgIpc) is 2.50. The van der Waals surface area contributed by atoms with E-state index in [2.05, 4.69) is 10.1 Å². The van der Waals surface area contributed by atoms with Crippen molar-refractivity contribution < 1.29 is 9.53 Å². The van der Waals surface area contributed by atoms with Gasteiger partial charge in [0, 0.05) is 13.1 Å². The van der Waals surface area contributed by atoms with Crippen LogP contribution in [0.25, 0.3) is 0 Å². The van der Waals surface area contributed by atoms with E-state index in [4.69, 9.17) is 0 Å². The van der Waals surface area contributed by atoms with Gasteiger partial charge < -0.3 is 4.74 Å². The predicted octanol–water partition coefficient (Wildman–Crippen LogP) is 0.394. The summed E-state index contributed by atoms with van der Waals surface area (Å²) in [7, 11) is 1.41. The van der Waals surface area contributed by atoms with E-state index in [-0.39, 0.29) is 12.3 Å². The van der Waals surface area contributed by atoms with Crippen molar-refractivity contribution in [1.82, 2.24) is 10.2 Å². The molecule has 1 atom stereocenters. The molecule has 64 valence electrons. The monoisotopic (exact) mass is 158 g/mol. The first kappa shape index (κ1) is 8.33. The molecule has 1 saturated heterocycles. The molecule has 0 spiro atoms. The van der Waals surface area contributed by atoms with Crippen molar-refractivity contribution in [2.45, 2.75) is 19.5 Å². The standard InChI is InChI=1S/C7H14N2O2/c1-3-6-8-4-5-9(6)7(10)11-2/h6,8H,3-5H2,1-2H3. The summed E-state index contributed by atoms with van der Waals surface area (Å²) in [4.78, 5) is 12.8. The lowest BCUT2D eigenvalue weighted by molar-refractivity contribution is 0.116. The number of hydrogen-bond donors (Lipinski definition) is 1. The van der Waals surface area contributed by atoms with Crippen molar-refractivity contribution >= 4 is 6.09 Å². The smallest absolute Gasteiger partial charge is 0.410 e. The lowest BCUT2D eigenvalue weighted by atomic mass is 10.4. The van der Waals surface area contributed by atoms with Gasteiger partial charge >= 0.3 is 6.09 Å². The van der Waals surface area contributed by atoms with E-state index in [1.165, 1.54) is 7.11 Å². The Kier molecular flexibility index (Phi) is 2.70. The molecule has 0 radical (unpaired) electrons. The van der Waals surface area contributed by atoms with Crippen LogP contribution in [-0.2, 0) is 4.74 Å². The van der Waals surface area contributed by atoms with Gasteiger partial charge in [-0.25, -0.2) is 4.79 Å². The number of methoxy groups -OCH3 is 1. The fourth-order valence-corrected chi connectivity index (χ4v) is 1.32. The minimum Gasteiger partial charge on any atom is -0.453 e. The van der Waals surface area contributed by atoms with E-state index in [1.54, 1.807) is 4.90 Å². The van der Waals surface area contributed by atoms with Crippen LogP contribution < -0.4 is 5.32 Å². The third-order valence-electron chi connectivity index (χ3n) is 1.90. The van der Waals surface area contributed by atoms with E-state index in [9.17, 15) is 4.79 Å². The van der Waals surface area contributed by atoms with Crippen molar-refractivity contribution in [1.29, 1.82) is 0 Å². The van der Waals surface area contributed by atoms with Crippen LogP contribution in [0.3, 0.4) is 0 Å². The molecule has 1 fully saturated rings. The maximum atomic E-state index is 11.0. The summed E-state index contributed by atoms with van der Waals surface area (Å²) in [5.74, 6) is 0. The average molecular weight is 158 g/mol. The third kappa shape index (κ3) is 1.63. The molecule has 1 N–H and O–H groups in total. The first-order valence-electron chi connectivity index (χ1n) is 3.87. The lowest BCUT2D eigenvalue weighted by Gasteiger charge is -2.20. The number of nitrogens with one attached hydrogen (secondary N) is 1. The van der Waals surface area contributed by atoms with Crippen LogP contribution in [0.15, 0.2) is 0 Å². The first-order chi connectivity index (χ1) is 5.29. The highest BCUT2D eigenvalue weighted by atomic mass is 16.5. The molecule has 4 heteroatoms. The van der Waals surface area contributed by atoms with E-state index in [0.717, 1.165) is 19.5 Å². The predicted molar refractivity (Wildman–Crippen MR) is 41.2 cm³/mol. The molecule has 1 aliphatic heterocycles. The van der Waals surface area contributed by atoms with E-state index < -0.39 is 0 Å². The molecule has 1 heterocycles. The summed E-state index contributed by atoms with van der Waals surface area (Å²) >= 11 is 0. The Labute approximate surface area is 66.5 Å². The van der Waals surface area contributed by atoms with Crippen LogP contribution in [0.4, 0.5) is 4.79 Å². The van der Waals surface area contributed by atoms with Crippen LogP contribution in [0.2, 0.25) is 0 Å². The Morgan fingerprint density at radius 3 is 3.09 bits per heavy atom. The zero-order valence-electron chi connectivity index (χ0n) is 6.96. The molecule has 0 saturated carbocycles. The minimum absolute atomic E-state index is 0.169. The zero-order valence-corrected chi connectivity index (χ0v) is 6.96. The molecule has 11 heavy (non-hydrogen) atoms. The number of ether oxygens (including phenoxy) is 1. The van der Waals surface area contributed by atoms with E-state index >= 15 is 0 Å². The Morgan fingerprint density at radius 1 is 1.82 bits per heavy atom. The van der Waals surface area contributed by atoms with Crippen LogP contribution in [0, 0.1) is 0 Å². The first-order valence-corrected chi connectivity index (χ1v) is 3.87. The Hall–Kier alpha value is -0.770. The molecular formula is C7H14N2O2. The molecule has 1 rings (SSSR count). The van der Waals surface area contributed by atoms with Crippen LogP contribution in [-0.4, -0.2) is 37.4 Å². The van der Waals surface area contributed by atoms with Crippen molar-refractivity contribution in [3.8, 4) is 0 Å². The zero-order chi connectivity index (χ0) is 8.27. The van der Waals surface area contributed by atoms with Crippen molar-refractivity contribution in [2.75, 3.05) is 20.2 Å². The molecule has 1 aliphatic rings. The molecule has 0 aliphatic carbocycles. The molecule has 0 bridgehead atoms. The van der Waals surface area contributed by atoms with Gasteiger partial charge in [0.2, 0.25) is 0 Å². The highest BCUT2D eigenvalue weighted by Crippen LogP contribution is 2.07. The van der Waals surface area contributed by atoms with Gasteiger partial charge in [-0.15, -0.1) is 0 Å². The summed E-state index contributed by atoms with van der Waals surface area (Å²) in [6.45, 7) is 3.66. The summed E-state index contributed by atoms with van der Waals surface area (Å²) in [6.07, 6.45) is 0.860. The second-order valence-corrected chi connectivity index (χ2v) is 2.54. The quantitative estimate of drug-likeness (QED) is 0.600. The normalized spacial score (nSPS) is 23.8. The molecular weight excluding hydrogens is 144 g/mol. The topological polar surface area (TPSA) is 41.6 Å². The van der Waals surface area contributed by atoms with Gasteiger partial charge in [-0.1, -0.05) is 6.92 Å². The number of hydrogen-bond acceptors (Lipinski definition) is 3. The largest absolute Gasteiger partial charge is 0.453 e. The lowest BCUT2D eigenvalue weighted by Crippen LogP contribution is -2.39. The molecule has 1 unspecified atom stereocenters. The van der Waals surface area contributed by atoms with Gasteiger partial charge in [0.25, 0.3) is 0 Å². The minimum atomic E-state index is -0.234. The number of carbonyl (C=O) groups excluding carboxylic acids is 1. The van der Waals surface area contributed by atoms with E-state index in [1.807, 2.05) is 6.92 Å². The molecule has 0 aromatic heterocycles. The molecule has 0 aromatic carbocycles. The highest BCUT2D eigenvalue weighted by molar-refractivity contribution is 5.68. The van der Waals surface area contributed by atoms with Gasteiger partial charge in [0.05, 0.1) is 13.3 Å². The molecule has 1 amide bonds. The van der Waals surface area contributed by atoms with E-state index in [0.29, 0.717) is 0 Å². The summed E-state index contributed by atoms with van der Waals surface area (Å²) in [5, 5.41) is 3.20. The fourth-order valence-electron chi connectivity index (χ4n) is 1.32. The Morgan fingerprint density at radius 2 is 2.55 bits per heavy atom. The van der Waals surface area contributed by atoms with Crippen molar-refractivity contribution in [3.63, 3.8) is 0 Å². The number of nitrogens with zero attached hydrogens (tertiary/aromatic N) is 1. The maximum absolute atomic E-state index is 11.0. The van der Waals surface area contributed by atoms with Crippen LogP contribution in [0.5, 0.6) is 0 Å². The third-order valence-corrected chi connectivity index (χ3v) is 1.90. The summed E-state index contributed by atoms with van der Waals surface area (Å²) < 4.78 is 4.61. The van der Waals surface area contributed by atoms with Crippen molar-refractivity contribution in [2.24, 2.45) is 0 Å². The van der Waals surface area contributed by atoms with Gasteiger partial charge in [-0.2, -0.15) is 0 Å². The highest BCUT2D eigenvalue weighted by Gasteiger charge is 2.26. The van der Waals surface area contributed by atoms with Crippen molar-refractivity contribution in [3.05, 3.63) is 0 Å². The molecule has 0 aromatic rings. The summed E-state index contributed by atoms with van der Waals surface area (Å²) in [6, 6.07) is 0. The van der Waals surface area contributed by atoms with Gasteiger partial charge in [0.1, 0.15) is 0 Å². The molecule has 4 nitrogen and oxygen atoms in total.